The Morgan fingerprint density at radius 2 is 0.909 bits per heavy atom. The van der Waals surface area contributed by atoms with Crippen LogP contribution in [-0.2, 0) is 14.4 Å². The van der Waals surface area contributed by atoms with Crippen LogP contribution in [0.5, 0.6) is 0 Å². The SMILES string of the molecule is CCCCCC/C=C/CCCCCCCCC[N+](CCC(=O)O)(CCC(=O)O)CCC(=O)O. The predicted molar refractivity (Wildman–Crippen MR) is 131 cm³/mol. The summed E-state index contributed by atoms with van der Waals surface area (Å²) in [5.74, 6) is -2.81. The lowest BCUT2D eigenvalue weighted by Gasteiger charge is -2.38. The van der Waals surface area contributed by atoms with Crippen LogP contribution in [0.2, 0.25) is 0 Å². The fourth-order valence-corrected chi connectivity index (χ4v) is 4.19. The van der Waals surface area contributed by atoms with Gasteiger partial charge in [-0.1, -0.05) is 64.0 Å². The standard InChI is InChI=1S/C26H47NO6/c1-2-3-4-5-6-7-8-9-10-11-12-13-14-15-16-20-27(21-17-24(28)29,22-18-25(30)31)23-19-26(32)33/h7-8H,2-6,9-23H2,1H3,(H2-,28,29,30,31,32,33)/p+1/b8-7+. The number of carboxylic acid groups (broad SMARTS) is 3. The third-order valence-corrected chi connectivity index (χ3v) is 6.29. The summed E-state index contributed by atoms with van der Waals surface area (Å²) in [4.78, 5) is 33.3. The van der Waals surface area contributed by atoms with Gasteiger partial charge in [0.15, 0.2) is 0 Å². The van der Waals surface area contributed by atoms with Gasteiger partial charge in [0.05, 0.1) is 45.4 Å². The molecule has 0 amide bonds. The topological polar surface area (TPSA) is 112 Å². The Balaban J connectivity index is 4.17. The smallest absolute Gasteiger partial charge is 0.309 e. The van der Waals surface area contributed by atoms with Gasteiger partial charge in [-0.25, -0.2) is 0 Å². The second-order valence-corrected chi connectivity index (χ2v) is 9.25. The normalized spacial score (nSPS) is 11.8. The van der Waals surface area contributed by atoms with Crippen LogP contribution < -0.4 is 0 Å². The van der Waals surface area contributed by atoms with Crippen molar-refractivity contribution in [2.24, 2.45) is 0 Å². The van der Waals surface area contributed by atoms with E-state index in [0.717, 1.165) is 25.7 Å². The van der Waals surface area contributed by atoms with Crippen LogP contribution >= 0.6 is 0 Å². The third-order valence-electron chi connectivity index (χ3n) is 6.29. The monoisotopic (exact) mass is 470 g/mol. The Bertz CT molecular complexity index is 515. The van der Waals surface area contributed by atoms with E-state index in [1.165, 1.54) is 57.8 Å². The Kier molecular flexibility index (Phi) is 19.5. The molecular weight excluding hydrogens is 422 g/mol. The van der Waals surface area contributed by atoms with Crippen molar-refractivity contribution < 1.29 is 34.2 Å². The minimum absolute atomic E-state index is 0.0770. The van der Waals surface area contributed by atoms with E-state index < -0.39 is 17.9 Å². The molecule has 0 rings (SSSR count). The van der Waals surface area contributed by atoms with E-state index >= 15 is 0 Å². The van der Waals surface area contributed by atoms with E-state index in [2.05, 4.69) is 19.1 Å². The molecule has 0 aromatic carbocycles. The van der Waals surface area contributed by atoms with Crippen molar-refractivity contribution in [2.75, 3.05) is 26.2 Å². The first-order valence-corrected chi connectivity index (χ1v) is 13.0. The Labute approximate surface area is 200 Å². The molecule has 0 bridgehead atoms. The zero-order chi connectivity index (χ0) is 24.8. The second-order valence-electron chi connectivity index (χ2n) is 9.25. The average molecular weight is 471 g/mol. The molecule has 0 spiro atoms. The fraction of sp³-hybridized carbons (Fsp3) is 0.808. The van der Waals surface area contributed by atoms with Crippen LogP contribution in [0.3, 0.4) is 0 Å². The zero-order valence-electron chi connectivity index (χ0n) is 20.8. The molecule has 0 unspecified atom stereocenters. The number of unbranched alkanes of at least 4 members (excludes halogenated alkanes) is 11. The lowest BCUT2D eigenvalue weighted by molar-refractivity contribution is -0.927. The number of carboxylic acids is 3. The van der Waals surface area contributed by atoms with Crippen LogP contribution in [0, 0.1) is 0 Å². The Morgan fingerprint density at radius 1 is 0.545 bits per heavy atom. The summed E-state index contributed by atoms with van der Waals surface area (Å²) >= 11 is 0. The molecule has 0 saturated carbocycles. The molecule has 7 heteroatoms. The zero-order valence-corrected chi connectivity index (χ0v) is 20.8. The lowest BCUT2D eigenvalue weighted by Crippen LogP contribution is -2.52. The predicted octanol–water partition coefficient (Wildman–Crippen LogP) is 5.87. The molecular formula is C26H48NO6+. The summed E-state index contributed by atoms with van der Waals surface area (Å²) in [7, 11) is 0. The Morgan fingerprint density at radius 3 is 1.30 bits per heavy atom. The number of nitrogens with zero attached hydrogens (tertiary/aromatic N) is 1. The van der Waals surface area contributed by atoms with E-state index in [0.29, 0.717) is 6.54 Å². The van der Waals surface area contributed by atoms with Crippen LogP contribution in [0.15, 0.2) is 12.2 Å². The van der Waals surface area contributed by atoms with E-state index in [-0.39, 0.29) is 43.4 Å². The van der Waals surface area contributed by atoms with Gasteiger partial charge in [0.25, 0.3) is 0 Å². The molecule has 3 N–H and O–H groups in total. The highest BCUT2D eigenvalue weighted by atomic mass is 16.4. The number of quaternary nitrogens is 1. The van der Waals surface area contributed by atoms with Gasteiger partial charge in [0.2, 0.25) is 0 Å². The summed E-state index contributed by atoms with van der Waals surface area (Å²) in [6, 6.07) is 0. The first kappa shape index (κ1) is 31.1. The summed E-state index contributed by atoms with van der Waals surface area (Å²) in [5, 5.41) is 27.3. The third kappa shape index (κ3) is 20.4. The molecule has 0 aliphatic heterocycles. The van der Waals surface area contributed by atoms with Crippen molar-refractivity contribution in [3.63, 3.8) is 0 Å². The second kappa shape index (κ2) is 20.7. The number of allylic oxidation sites excluding steroid dienone is 2. The highest BCUT2D eigenvalue weighted by Crippen LogP contribution is 2.17. The van der Waals surface area contributed by atoms with Gasteiger partial charge in [0.1, 0.15) is 0 Å². The molecule has 0 radical (unpaired) electrons. The number of hydrogen-bond donors (Lipinski definition) is 3. The molecule has 0 aliphatic rings. The first-order chi connectivity index (χ1) is 15.8. The number of aliphatic carboxylic acids is 3. The minimum Gasteiger partial charge on any atom is -0.481 e. The van der Waals surface area contributed by atoms with Crippen LogP contribution in [-0.4, -0.2) is 63.9 Å². The van der Waals surface area contributed by atoms with Gasteiger partial charge in [0, 0.05) is 0 Å². The van der Waals surface area contributed by atoms with Crippen molar-refractivity contribution in [2.45, 2.75) is 110 Å². The summed E-state index contributed by atoms with van der Waals surface area (Å²) in [5.41, 5.74) is 0. The Hall–Kier alpha value is -1.89. The molecule has 0 saturated heterocycles. The van der Waals surface area contributed by atoms with Gasteiger partial charge in [-0.15, -0.1) is 0 Å². The van der Waals surface area contributed by atoms with Crippen LogP contribution in [0.1, 0.15) is 110 Å². The van der Waals surface area contributed by atoms with Gasteiger partial charge in [-0.3, -0.25) is 14.4 Å². The van der Waals surface area contributed by atoms with E-state index in [1.54, 1.807) is 0 Å². The highest BCUT2D eigenvalue weighted by Gasteiger charge is 2.29. The molecule has 0 aliphatic carbocycles. The van der Waals surface area contributed by atoms with Crippen molar-refractivity contribution in [3.8, 4) is 0 Å². The van der Waals surface area contributed by atoms with Crippen LogP contribution in [0.4, 0.5) is 0 Å². The molecule has 0 aromatic heterocycles. The van der Waals surface area contributed by atoms with Gasteiger partial charge in [-0.2, -0.15) is 0 Å². The molecule has 33 heavy (non-hydrogen) atoms. The summed E-state index contributed by atoms with van der Waals surface area (Å²) < 4.78 is 0.260. The quantitative estimate of drug-likeness (QED) is 0.0923. The highest BCUT2D eigenvalue weighted by molar-refractivity contribution is 5.67. The van der Waals surface area contributed by atoms with Crippen molar-refractivity contribution in [3.05, 3.63) is 12.2 Å². The van der Waals surface area contributed by atoms with E-state index in [1.807, 2.05) is 0 Å². The minimum atomic E-state index is -0.936. The van der Waals surface area contributed by atoms with Crippen molar-refractivity contribution >= 4 is 17.9 Å². The molecule has 0 fully saturated rings. The van der Waals surface area contributed by atoms with Gasteiger partial charge >= 0.3 is 17.9 Å². The van der Waals surface area contributed by atoms with E-state index in [9.17, 15) is 14.4 Å². The largest absolute Gasteiger partial charge is 0.481 e. The van der Waals surface area contributed by atoms with Crippen LogP contribution in [0.25, 0.3) is 0 Å². The number of hydrogen-bond acceptors (Lipinski definition) is 3. The van der Waals surface area contributed by atoms with Crippen molar-refractivity contribution in [1.29, 1.82) is 0 Å². The maximum Gasteiger partial charge on any atom is 0.309 e. The summed E-state index contributed by atoms with van der Waals surface area (Å²) in [6.07, 6.45) is 19.8. The number of carbonyl (C=O) groups is 3. The molecule has 192 valence electrons. The fourth-order valence-electron chi connectivity index (χ4n) is 4.19. The molecule has 0 atom stereocenters. The molecule has 0 aromatic rings. The molecule has 7 nitrogen and oxygen atoms in total. The van der Waals surface area contributed by atoms with Gasteiger partial charge < -0.3 is 19.8 Å². The van der Waals surface area contributed by atoms with Gasteiger partial charge in [-0.05, 0) is 38.5 Å². The van der Waals surface area contributed by atoms with Crippen molar-refractivity contribution in [1.82, 2.24) is 0 Å². The summed E-state index contributed by atoms with van der Waals surface area (Å²) in [6.45, 7) is 3.71. The first-order valence-electron chi connectivity index (χ1n) is 13.0. The maximum absolute atomic E-state index is 11.1. The molecule has 0 heterocycles. The van der Waals surface area contributed by atoms with E-state index in [4.69, 9.17) is 15.3 Å². The lowest BCUT2D eigenvalue weighted by atomic mass is 10.1. The maximum atomic E-state index is 11.1. The average Bonchev–Trinajstić information content (AvgIpc) is 2.76. The number of rotatable bonds is 24.